The minimum absolute atomic E-state index is 0.0212. The number of nitrogens with one attached hydrogen (secondary N) is 1. The van der Waals surface area contributed by atoms with Crippen molar-refractivity contribution in [2.45, 2.75) is 12.6 Å². The lowest BCUT2D eigenvalue weighted by atomic mass is 10.2. The molecule has 0 heterocycles. The van der Waals surface area contributed by atoms with Gasteiger partial charge in [0.15, 0.2) is 0 Å². The first kappa shape index (κ1) is 13.0. The Bertz CT molecular complexity index is 314. The molecule has 1 atom stereocenters. The van der Waals surface area contributed by atoms with E-state index in [0.29, 0.717) is 0 Å². The van der Waals surface area contributed by atoms with Crippen molar-refractivity contribution < 1.29 is 18.6 Å². The van der Waals surface area contributed by atoms with Crippen LogP contribution in [0.4, 0.5) is 8.78 Å². The maximum Gasteiger partial charge on any atom is 0.130 e. The van der Waals surface area contributed by atoms with Crippen molar-refractivity contribution in [1.29, 1.82) is 0 Å². The van der Waals surface area contributed by atoms with Gasteiger partial charge in [-0.3, -0.25) is 0 Å². The largest absolute Gasteiger partial charge is 0.389 e. The summed E-state index contributed by atoms with van der Waals surface area (Å²) in [4.78, 5) is 0. The van der Waals surface area contributed by atoms with E-state index in [1.165, 1.54) is 25.3 Å². The third-order valence-corrected chi connectivity index (χ3v) is 2.10. The normalized spacial score (nSPS) is 12.8. The molecule has 0 aliphatic heterocycles. The van der Waals surface area contributed by atoms with Gasteiger partial charge in [-0.2, -0.15) is 0 Å². The third kappa shape index (κ3) is 3.84. The van der Waals surface area contributed by atoms with E-state index in [1.807, 2.05) is 0 Å². The van der Waals surface area contributed by atoms with Crippen molar-refractivity contribution in [2.24, 2.45) is 0 Å². The molecular weight excluding hydrogens is 216 g/mol. The minimum atomic E-state index is -0.681. The molecule has 0 amide bonds. The van der Waals surface area contributed by atoms with E-state index in [1.54, 1.807) is 0 Å². The molecule has 0 aliphatic carbocycles. The average Bonchev–Trinajstić information content (AvgIpc) is 2.23. The molecule has 5 heteroatoms. The average molecular weight is 231 g/mol. The van der Waals surface area contributed by atoms with E-state index in [9.17, 15) is 13.9 Å². The van der Waals surface area contributed by atoms with Crippen LogP contribution in [0.2, 0.25) is 0 Å². The highest BCUT2D eigenvalue weighted by atomic mass is 19.1. The summed E-state index contributed by atoms with van der Waals surface area (Å²) in [5.41, 5.74) is -0.0212. The van der Waals surface area contributed by atoms with Crippen LogP contribution in [0.5, 0.6) is 0 Å². The van der Waals surface area contributed by atoms with Gasteiger partial charge in [0.05, 0.1) is 12.7 Å². The van der Waals surface area contributed by atoms with Crippen LogP contribution < -0.4 is 5.32 Å². The zero-order chi connectivity index (χ0) is 12.0. The van der Waals surface area contributed by atoms with E-state index in [0.717, 1.165) is 0 Å². The number of benzene rings is 1. The second-order valence-electron chi connectivity index (χ2n) is 3.44. The van der Waals surface area contributed by atoms with Gasteiger partial charge in [0.25, 0.3) is 0 Å². The Morgan fingerprint density at radius 3 is 2.56 bits per heavy atom. The lowest BCUT2D eigenvalue weighted by Gasteiger charge is -2.11. The van der Waals surface area contributed by atoms with E-state index in [4.69, 9.17) is 4.74 Å². The van der Waals surface area contributed by atoms with Gasteiger partial charge in [-0.15, -0.1) is 0 Å². The first-order valence-electron chi connectivity index (χ1n) is 4.95. The van der Waals surface area contributed by atoms with E-state index in [2.05, 4.69) is 5.32 Å². The first-order valence-corrected chi connectivity index (χ1v) is 4.95. The fraction of sp³-hybridized carbons (Fsp3) is 0.455. The molecule has 0 saturated heterocycles. The van der Waals surface area contributed by atoms with Crippen molar-refractivity contribution in [3.8, 4) is 0 Å². The van der Waals surface area contributed by atoms with Crippen LogP contribution in [0, 0.1) is 11.6 Å². The molecule has 0 saturated carbocycles. The second kappa shape index (κ2) is 6.52. The number of hydrogen-bond donors (Lipinski definition) is 2. The summed E-state index contributed by atoms with van der Waals surface area (Å²) in [7, 11) is 1.47. The molecule has 90 valence electrons. The summed E-state index contributed by atoms with van der Waals surface area (Å²) in [5.74, 6) is -1.18. The van der Waals surface area contributed by atoms with Crippen molar-refractivity contribution in [3.63, 3.8) is 0 Å². The van der Waals surface area contributed by atoms with E-state index < -0.39 is 17.7 Å². The van der Waals surface area contributed by atoms with Crippen LogP contribution in [-0.4, -0.2) is 31.5 Å². The van der Waals surface area contributed by atoms with Gasteiger partial charge in [0.1, 0.15) is 11.6 Å². The van der Waals surface area contributed by atoms with Crippen molar-refractivity contribution in [1.82, 2.24) is 5.32 Å². The standard InChI is InChI=1S/C11H15F2NO2/c1-16-7-8(15)5-14-6-9-10(12)3-2-4-11(9)13/h2-4,8,14-15H,5-7H2,1H3. The summed E-state index contributed by atoms with van der Waals surface area (Å²) >= 11 is 0. The maximum atomic E-state index is 13.2. The van der Waals surface area contributed by atoms with E-state index >= 15 is 0 Å². The molecule has 0 aromatic heterocycles. The Balaban J connectivity index is 2.43. The zero-order valence-electron chi connectivity index (χ0n) is 9.04. The number of methoxy groups -OCH3 is 1. The molecular formula is C11H15F2NO2. The van der Waals surface area contributed by atoms with Gasteiger partial charge in [-0.1, -0.05) is 6.07 Å². The number of aliphatic hydroxyl groups excluding tert-OH is 1. The van der Waals surface area contributed by atoms with Gasteiger partial charge >= 0.3 is 0 Å². The third-order valence-electron chi connectivity index (χ3n) is 2.10. The molecule has 16 heavy (non-hydrogen) atoms. The quantitative estimate of drug-likeness (QED) is 0.769. The molecule has 0 aliphatic rings. The summed E-state index contributed by atoms with van der Waals surface area (Å²) in [6.07, 6.45) is -0.681. The van der Waals surface area contributed by atoms with Crippen LogP contribution >= 0.6 is 0 Å². The molecule has 1 aromatic carbocycles. The number of rotatable bonds is 6. The van der Waals surface area contributed by atoms with Gasteiger partial charge < -0.3 is 15.2 Å². The maximum absolute atomic E-state index is 13.2. The molecule has 1 unspecified atom stereocenters. The summed E-state index contributed by atoms with van der Waals surface area (Å²) < 4.78 is 31.0. The Morgan fingerprint density at radius 2 is 2.00 bits per heavy atom. The molecule has 1 rings (SSSR count). The van der Waals surface area contributed by atoms with Crippen molar-refractivity contribution >= 4 is 0 Å². The van der Waals surface area contributed by atoms with Crippen molar-refractivity contribution in [3.05, 3.63) is 35.4 Å². The Morgan fingerprint density at radius 1 is 1.38 bits per heavy atom. The van der Waals surface area contributed by atoms with Crippen LogP contribution in [-0.2, 0) is 11.3 Å². The lowest BCUT2D eigenvalue weighted by molar-refractivity contribution is 0.0643. The first-order chi connectivity index (χ1) is 7.65. The summed E-state index contributed by atoms with van der Waals surface area (Å²) in [6.45, 7) is 0.452. The fourth-order valence-electron chi connectivity index (χ4n) is 1.32. The molecule has 3 nitrogen and oxygen atoms in total. The van der Waals surface area contributed by atoms with Gasteiger partial charge in [0.2, 0.25) is 0 Å². The topological polar surface area (TPSA) is 41.5 Å². The molecule has 1 aromatic rings. The lowest BCUT2D eigenvalue weighted by Crippen LogP contribution is -2.30. The van der Waals surface area contributed by atoms with Gasteiger partial charge in [-0.05, 0) is 12.1 Å². The number of hydrogen-bond acceptors (Lipinski definition) is 3. The monoisotopic (exact) mass is 231 g/mol. The smallest absolute Gasteiger partial charge is 0.130 e. The highest BCUT2D eigenvalue weighted by Crippen LogP contribution is 2.11. The highest BCUT2D eigenvalue weighted by molar-refractivity contribution is 5.19. The number of halogens is 2. The Hall–Kier alpha value is -1.04. The Labute approximate surface area is 93.0 Å². The van der Waals surface area contributed by atoms with Gasteiger partial charge in [0, 0.05) is 25.8 Å². The molecule has 0 radical (unpaired) electrons. The number of aliphatic hydroxyl groups is 1. The zero-order valence-corrected chi connectivity index (χ0v) is 9.04. The molecule has 2 N–H and O–H groups in total. The SMILES string of the molecule is COCC(O)CNCc1c(F)cccc1F. The predicted molar refractivity (Wildman–Crippen MR) is 55.9 cm³/mol. The van der Waals surface area contributed by atoms with E-state index in [-0.39, 0.29) is 25.3 Å². The number of ether oxygens (including phenoxy) is 1. The minimum Gasteiger partial charge on any atom is -0.389 e. The summed E-state index contributed by atoms with van der Waals surface area (Å²) in [5, 5.41) is 12.0. The van der Waals surface area contributed by atoms with Gasteiger partial charge in [-0.25, -0.2) is 8.78 Å². The molecule has 0 fully saturated rings. The molecule has 0 spiro atoms. The van der Waals surface area contributed by atoms with Crippen LogP contribution in [0.3, 0.4) is 0 Å². The second-order valence-corrected chi connectivity index (χ2v) is 3.44. The fourth-order valence-corrected chi connectivity index (χ4v) is 1.32. The van der Waals surface area contributed by atoms with Crippen LogP contribution in [0.25, 0.3) is 0 Å². The van der Waals surface area contributed by atoms with Crippen LogP contribution in [0.1, 0.15) is 5.56 Å². The summed E-state index contributed by atoms with van der Waals surface area (Å²) in [6, 6.07) is 3.71. The molecule has 0 bridgehead atoms. The Kier molecular flexibility index (Phi) is 5.31. The van der Waals surface area contributed by atoms with Crippen molar-refractivity contribution in [2.75, 3.05) is 20.3 Å². The highest BCUT2D eigenvalue weighted by Gasteiger charge is 2.08. The predicted octanol–water partition coefficient (Wildman–Crippen LogP) is 1.06. The van der Waals surface area contributed by atoms with Crippen LogP contribution in [0.15, 0.2) is 18.2 Å².